The van der Waals surface area contributed by atoms with Gasteiger partial charge < -0.3 is 5.32 Å². The second-order valence-electron chi connectivity index (χ2n) is 6.55. The quantitative estimate of drug-likeness (QED) is 0.459. The zero-order valence-corrected chi connectivity index (χ0v) is 18.4. The van der Waals surface area contributed by atoms with E-state index in [1.54, 1.807) is 6.07 Å². The van der Waals surface area contributed by atoms with Gasteiger partial charge in [0.1, 0.15) is 6.54 Å². The fourth-order valence-corrected chi connectivity index (χ4v) is 4.47. The summed E-state index contributed by atoms with van der Waals surface area (Å²) in [7, 11) is -4.18. The molecule has 0 saturated heterocycles. The molecule has 0 atom stereocenters. The zero-order chi connectivity index (χ0) is 23.5. The van der Waals surface area contributed by atoms with Crippen LogP contribution in [0.25, 0.3) is 0 Å². The van der Waals surface area contributed by atoms with Gasteiger partial charge in [0.05, 0.1) is 26.2 Å². The summed E-state index contributed by atoms with van der Waals surface area (Å²) >= 11 is 11.9. The Morgan fingerprint density at radius 1 is 0.906 bits per heavy atom. The van der Waals surface area contributed by atoms with Crippen molar-refractivity contribution in [2.24, 2.45) is 0 Å². The maximum atomic E-state index is 13.2. The Morgan fingerprint density at radius 2 is 1.53 bits per heavy atom. The number of nitrogens with zero attached hydrogens (tertiary/aromatic N) is 1. The second kappa shape index (κ2) is 9.40. The minimum atomic E-state index is -4.52. The normalized spacial score (nSPS) is 11.8. The van der Waals surface area contributed by atoms with Crippen LogP contribution in [0.2, 0.25) is 10.0 Å². The molecule has 0 heterocycles. The van der Waals surface area contributed by atoms with Gasteiger partial charge >= 0.3 is 6.18 Å². The van der Waals surface area contributed by atoms with Crippen LogP contribution in [0.15, 0.2) is 77.7 Å². The first-order valence-electron chi connectivity index (χ1n) is 8.98. The maximum absolute atomic E-state index is 13.2. The molecule has 3 aromatic carbocycles. The monoisotopic (exact) mass is 502 g/mol. The first-order valence-corrected chi connectivity index (χ1v) is 11.2. The number of carbonyl (C=O) groups excluding carboxylic acids is 1. The topological polar surface area (TPSA) is 66.5 Å². The summed E-state index contributed by atoms with van der Waals surface area (Å²) < 4.78 is 65.4. The molecule has 0 spiro atoms. The lowest BCUT2D eigenvalue weighted by molar-refractivity contribution is -0.137. The van der Waals surface area contributed by atoms with E-state index in [9.17, 15) is 26.4 Å². The lowest BCUT2D eigenvalue weighted by Gasteiger charge is -2.24. The van der Waals surface area contributed by atoms with Gasteiger partial charge in [-0.2, -0.15) is 13.2 Å². The number of carbonyl (C=O) groups is 1. The maximum Gasteiger partial charge on any atom is 0.416 e. The van der Waals surface area contributed by atoms with Crippen molar-refractivity contribution in [2.75, 3.05) is 16.2 Å². The number of amides is 1. The molecule has 11 heteroatoms. The van der Waals surface area contributed by atoms with Crippen molar-refractivity contribution in [1.82, 2.24) is 0 Å². The summed E-state index contributed by atoms with van der Waals surface area (Å²) in [5, 5.41) is 2.68. The molecule has 3 rings (SSSR count). The van der Waals surface area contributed by atoms with E-state index in [-0.39, 0.29) is 26.3 Å². The molecule has 0 fully saturated rings. The summed E-state index contributed by atoms with van der Waals surface area (Å²) in [6.07, 6.45) is -4.52. The first-order chi connectivity index (χ1) is 15.0. The largest absolute Gasteiger partial charge is 0.416 e. The highest BCUT2D eigenvalue weighted by atomic mass is 35.5. The molecular weight excluding hydrogens is 488 g/mol. The molecule has 32 heavy (non-hydrogen) atoms. The van der Waals surface area contributed by atoms with Crippen LogP contribution >= 0.6 is 23.2 Å². The molecule has 1 N–H and O–H groups in total. The highest BCUT2D eigenvalue weighted by Gasteiger charge is 2.30. The third-order valence-electron chi connectivity index (χ3n) is 4.31. The number of anilines is 2. The number of halogens is 5. The Bertz CT molecular complexity index is 1220. The highest BCUT2D eigenvalue weighted by Crippen LogP contribution is 2.31. The first kappa shape index (κ1) is 23.9. The lowest BCUT2D eigenvalue weighted by atomic mass is 10.2. The molecule has 3 aromatic rings. The van der Waals surface area contributed by atoms with E-state index in [2.05, 4.69) is 5.32 Å². The third kappa shape index (κ3) is 5.53. The van der Waals surface area contributed by atoms with Gasteiger partial charge in [0, 0.05) is 5.69 Å². The SMILES string of the molecule is O=C(CN(c1ccc(Cl)c(Cl)c1)S(=O)(=O)c1ccccc1)Nc1ccc(C(F)(F)F)cc1. The zero-order valence-electron chi connectivity index (χ0n) is 16.1. The molecule has 0 aliphatic carbocycles. The molecule has 168 valence electrons. The van der Waals surface area contributed by atoms with E-state index in [0.717, 1.165) is 28.6 Å². The second-order valence-corrected chi connectivity index (χ2v) is 9.22. The molecule has 0 radical (unpaired) electrons. The van der Waals surface area contributed by atoms with E-state index in [1.165, 1.54) is 42.5 Å². The molecule has 0 saturated carbocycles. The Labute approximate surface area is 192 Å². The number of rotatable bonds is 6. The van der Waals surface area contributed by atoms with Crippen LogP contribution in [0.3, 0.4) is 0 Å². The van der Waals surface area contributed by atoms with Gasteiger partial charge in [0.25, 0.3) is 10.0 Å². The fourth-order valence-electron chi connectivity index (χ4n) is 2.75. The number of alkyl halides is 3. The van der Waals surface area contributed by atoms with Crippen molar-refractivity contribution in [1.29, 1.82) is 0 Å². The van der Waals surface area contributed by atoms with Crippen molar-refractivity contribution in [2.45, 2.75) is 11.1 Å². The number of sulfonamides is 1. The van der Waals surface area contributed by atoms with Gasteiger partial charge in [0.2, 0.25) is 5.91 Å². The highest BCUT2D eigenvalue weighted by molar-refractivity contribution is 7.92. The lowest BCUT2D eigenvalue weighted by Crippen LogP contribution is -2.38. The van der Waals surface area contributed by atoms with Gasteiger partial charge in [0.15, 0.2) is 0 Å². The van der Waals surface area contributed by atoms with Gasteiger partial charge in [-0.25, -0.2) is 8.42 Å². The van der Waals surface area contributed by atoms with E-state index >= 15 is 0 Å². The number of nitrogens with one attached hydrogen (secondary N) is 1. The average Bonchev–Trinajstić information content (AvgIpc) is 2.74. The van der Waals surface area contributed by atoms with Gasteiger partial charge in [-0.15, -0.1) is 0 Å². The fraction of sp³-hybridized carbons (Fsp3) is 0.0952. The van der Waals surface area contributed by atoms with Crippen molar-refractivity contribution >= 4 is 50.5 Å². The van der Waals surface area contributed by atoms with Crippen molar-refractivity contribution < 1.29 is 26.4 Å². The van der Waals surface area contributed by atoms with Crippen LogP contribution in [-0.2, 0) is 21.0 Å². The summed E-state index contributed by atoms with van der Waals surface area (Å²) in [4.78, 5) is 12.5. The van der Waals surface area contributed by atoms with Crippen molar-refractivity contribution in [3.05, 3.63) is 88.4 Å². The summed E-state index contributed by atoms with van der Waals surface area (Å²) in [5.74, 6) is -0.768. The van der Waals surface area contributed by atoms with E-state index in [1.807, 2.05) is 0 Å². The van der Waals surface area contributed by atoms with Gasteiger partial charge in [-0.3, -0.25) is 9.10 Å². The van der Waals surface area contributed by atoms with Crippen molar-refractivity contribution in [3.63, 3.8) is 0 Å². The Morgan fingerprint density at radius 3 is 2.09 bits per heavy atom. The smallest absolute Gasteiger partial charge is 0.325 e. The third-order valence-corrected chi connectivity index (χ3v) is 6.83. The molecular formula is C21H15Cl2F3N2O3S. The van der Waals surface area contributed by atoms with Crippen molar-refractivity contribution in [3.8, 4) is 0 Å². The summed E-state index contributed by atoms with van der Waals surface area (Å²) in [6.45, 7) is -0.657. The number of hydrogen-bond donors (Lipinski definition) is 1. The van der Waals surface area contributed by atoms with Gasteiger partial charge in [-0.05, 0) is 54.6 Å². The molecule has 0 aliphatic rings. The standard InChI is InChI=1S/C21H15Cl2F3N2O3S/c22-18-11-10-16(12-19(18)23)28(32(30,31)17-4-2-1-3-5-17)13-20(29)27-15-8-6-14(7-9-15)21(24,25)26/h1-12H,13H2,(H,27,29). The molecule has 0 bridgehead atoms. The Balaban J connectivity index is 1.90. The minimum absolute atomic E-state index is 0.0617. The van der Waals surface area contributed by atoms with Gasteiger partial charge in [-0.1, -0.05) is 41.4 Å². The Kier molecular flexibility index (Phi) is 7.02. The van der Waals surface area contributed by atoms with Crippen LogP contribution in [0.5, 0.6) is 0 Å². The predicted octanol–water partition coefficient (Wildman–Crippen LogP) is 5.85. The van der Waals surface area contributed by atoms with Crippen LogP contribution in [0, 0.1) is 0 Å². The summed E-state index contributed by atoms with van der Waals surface area (Å²) in [5.41, 5.74) is -0.709. The minimum Gasteiger partial charge on any atom is -0.325 e. The van der Waals surface area contributed by atoms with Crippen LogP contribution in [0.4, 0.5) is 24.5 Å². The Hall–Kier alpha value is -2.75. The number of benzene rings is 3. The van der Waals surface area contributed by atoms with E-state index < -0.39 is 34.2 Å². The predicted molar refractivity (Wildman–Crippen MR) is 118 cm³/mol. The summed E-state index contributed by atoms with van der Waals surface area (Å²) in [6, 6.07) is 15.3. The molecule has 0 aliphatic heterocycles. The molecule has 0 unspecified atom stereocenters. The van der Waals surface area contributed by atoms with E-state index in [4.69, 9.17) is 23.2 Å². The van der Waals surface area contributed by atoms with Crippen LogP contribution in [0.1, 0.15) is 5.56 Å². The molecule has 0 aromatic heterocycles. The van der Waals surface area contributed by atoms with E-state index in [0.29, 0.717) is 0 Å². The van der Waals surface area contributed by atoms with Crippen LogP contribution in [-0.4, -0.2) is 20.9 Å². The van der Waals surface area contributed by atoms with Crippen LogP contribution < -0.4 is 9.62 Å². The average molecular weight is 503 g/mol. The molecule has 1 amide bonds. The number of hydrogen-bond acceptors (Lipinski definition) is 3. The molecule has 5 nitrogen and oxygen atoms in total.